The Morgan fingerprint density at radius 1 is 1.25 bits per heavy atom. The molecule has 36 heavy (non-hydrogen) atoms. The molecule has 2 saturated carbocycles. The SMILES string of the molecule is Cc1cn2nc(C3CCCCN3C(=O)c3ccccc3NS(C)(=O)=O)cc2nc1N1CC2C3C1C23N. The van der Waals surface area contributed by atoms with Crippen molar-refractivity contribution >= 4 is 33.1 Å². The number of amides is 1. The van der Waals surface area contributed by atoms with Gasteiger partial charge in [0.15, 0.2) is 5.65 Å². The number of anilines is 2. The van der Waals surface area contributed by atoms with Crippen LogP contribution >= 0.6 is 0 Å². The highest BCUT2D eigenvalue weighted by Gasteiger charge is 2.91. The first-order valence-corrected chi connectivity index (χ1v) is 14.4. The van der Waals surface area contributed by atoms with Crippen molar-refractivity contribution in [1.82, 2.24) is 19.5 Å². The lowest BCUT2D eigenvalue weighted by Gasteiger charge is -2.35. The summed E-state index contributed by atoms with van der Waals surface area (Å²) in [5.74, 6) is 2.02. The van der Waals surface area contributed by atoms with E-state index in [4.69, 9.17) is 15.8 Å². The maximum absolute atomic E-state index is 13.7. The maximum atomic E-state index is 13.7. The van der Waals surface area contributed by atoms with Gasteiger partial charge in [-0.05, 0) is 38.3 Å². The molecule has 11 heteroatoms. The topological polar surface area (TPSA) is 126 Å². The molecule has 5 aliphatic rings. The van der Waals surface area contributed by atoms with Crippen molar-refractivity contribution in [3.63, 3.8) is 0 Å². The summed E-state index contributed by atoms with van der Waals surface area (Å²) in [6.45, 7) is 3.61. The summed E-state index contributed by atoms with van der Waals surface area (Å²) in [6, 6.07) is 8.92. The monoisotopic (exact) mass is 507 g/mol. The van der Waals surface area contributed by atoms with E-state index in [-0.39, 0.29) is 23.2 Å². The molecule has 1 amide bonds. The number of rotatable bonds is 5. The predicted molar refractivity (Wildman–Crippen MR) is 135 cm³/mol. The van der Waals surface area contributed by atoms with Crippen molar-refractivity contribution in [2.75, 3.05) is 29.0 Å². The first kappa shape index (κ1) is 22.1. The Morgan fingerprint density at radius 2 is 2.03 bits per heavy atom. The number of hydrogen-bond donors (Lipinski definition) is 2. The number of likely N-dealkylation sites (tertiary alicyclic amines) is 1. The van der Waals surface area contributed by atoms with Crippen LogP contribution in [0.15, 0.2) is 36.5 Å². The molecule has 2 aliphatic carbocycles. The van der Waals surface area contributed by atoms with E-state index in [1.807, 2.05) is 17.2 Å². The van der Waals surface area contributed by atoms with Crippen LogP contribution in [-0.4, -0.2) is 64.7 Å². The van der Waals surface area contributed by atoms with Gasteiger partial charge in [-0.2, -0.15) is 5.10 Å². The third-order valence-electron chi connectivity index (χ3n) is 8.47. The highest BCUT2D eigenvalue weighted by Crippen LogP contribution is 2.77. The van der Waals surface area contributed by atoms with Crippen LogP contribution in [0, 0.1) is 18.8 Å². The molecule has 3 aromatic rings. The second-order valence-electron chi connectivity index (χ2n) is 10.8. The highest BCUT2D eigenvalue weighted by molar-refractivity contribution is 7.92. The molecule has 5 atom stereocenters. The molecule has 8 rings (SSSR count). The third kappa shape index (κ3) is 3.11. The summed E-state index contributed by atoms with van der Waals surface area (Å²) in [5, 5.41) is 4.83. The number of aryl methyl sites for hydroxylation is 1. The molecule has 0 radical (unpaired) electrons. The molecule has 5 heterocycles. The highest BCUT2D eigenvalue weighted by atomic mass is 32.2. The molecule has 0 spiro atoms. The van der Waals surface area contributed by atoms with Crippen molar-refractivity contribution < 1.29 is 13.2 Å². The quantitative estimate of drug-likeness (QED) is 0.540. The van der Waals surface area contributed by atoms with Gasteiger partial charge in [0, 0.05) is 48.3 Å². The van der Waals surface area contributed by atoms with Crippen LogP contribution in [0.5, 0.6) is 0 Å². The lowest BCUT2D eigenvalue weighted by atomic mass is 9.98. The number of benzene rings is 1. The van der Waals surface area contributed by atoms with Gasteiger partial charge in [-0.1, -0.05) is 12.1 Å². The van der Waals surface area contributed by atoms with Crippen molar-refractivity contribution in [3.05, 3.63) is 53.3 Å². The minimum absolute atomic E-state index is 0.0247. The van der Waals surface area contributed by atoms with Gasteiger partial charge in [-0.25, -0.2) is 17.9 Å². The zero-order valence-electron chi connectivity index (χ0n) is 20.3. The summed E-state index contributed by atoms with van der Waals surface area (Å²) in [7, 11) is -3.52. The molecule has 2 aromatic heterocycles. The van der Waals surface area contributed by atoms with Crippen LogP contribution in [0.2, 0.25) is 0 Å². The number of piperidine rings is 2. The summed E-state index contributed by atoms with van der Waals surface area (Å²) < 4.78 is 28.0. The Kier molecular flexibility index (Phi) is 4.41. The number of sulfonamides is 1. The van der Waals surface area contributed by atoms with Crippen LogP contribution < -0.4 is 15.4 Å². The molecule has 3 aliphatic heterocycles. The fourth-order valence-corrected chi connectivity index (χ4v) is 7.22. The maximum Gasteiger partial charge on any atom is 0.256 e. The lowest BCUT2D eigenvalue weighted by molar-refractivity contribution is 0.0607. The standard InChI is InChI=1S/C25H29N7O3S/c1-14-12-32-20(27-23(14)31-13-16-21-22(31)25(16,21)26)11-18(28-32)19-9-5-6-10-30(19)24(33)15-7-3-4-8-17(15)29-36(2,34)35/h3-4,7-8,11-12,16,19,21-22,29H,5-6,9-10,13,26H2,1-2H3. The fraction of sp³-hybridized carbons (Fsp3) is 0.480. The molecule has 3 saturated heterocycles. The van der Waals surface area contributed by atoms with E-state index >= 15 is 0 Å². The first-order chi connectivity index (χ1) is 17.2. The number of carbonyl (C=O) groups excluding carboxylic acids is 1. The van der Waals surface area contributed by atoms with Gasteiger partial charge in [0.05, 0.1) is 35.3 Å². The molecule has 2 bridgehead atoms. The number of nitrogens with two attached hydrogens (primary N) is 1. The number of hydrogen-bond acceptors (Lipinski definition) is 7. The van der Waals surface area contributed by atoms with Crippen LogP contribution in [-0.2, 0) is 10.0 Å². The molecule has 10 nitrogen and oxygen atoms in total. The summed E-state index contributed by atoms with van der Waals surface area (Å²) in [4.78, 5) is 22.8. The Balaban J connectivity index is 1.21. The van der Waals surface area contributed by atoms with Crippen LogP contribution in [0.4, 0.5) is 11.5 Å². The lowest BCUT2D eigenvalue weighted by Crippen LogP contribution is -2.39. The minimum atomic E-state index is -3.52. The predicted octanol–water partition coefficient (Wildman–Crippen LogP) is 1.92. The normalized spacial score (nSPS) is 30.4. The average Bonchev–Trinajstić information content (AvgIpc) is 3.34. The van der Waals surface area contributed by atoms with Crippen molar-refractivity contribution in [2.24, 2.45) is 17.6 Å². The van der Waals surface area contributed by atoms with Crippen molar-refractivity contribution in [1.29, 1.82) is 0 Å². The van der Waals surface area contributed by atoms with E-state index in [0.717, 1.165) is 54.8 Å². The largest absolute Gasteiger partial charge is 0.351 e. The number of aromatic nitrogens is 3. The van der Waals surface area contributed by atoms with E-state index < -0.39 is 10.0 Å². The van der Waals surface area contributed by atoms with Crippen LogP contribution in [0.1, 0.15) is 46.9 Å². The Morgan fingerprint density at radius 3 is 2.75 bits per heavy atom. The first-order valence-electron chi connectivity index (χ1n) is 12.5. The second kappa shape index (κ2) is 7.19. The van der Waals surface area contributed by atoms with E-state index in [0.29, 0.717) is 30.0 Å². The minimum Gasteiger partial charge on any atom is -0.351 e. The van der Waals surface area contributed by atoms with Crippen LogP contribution in [0.25, 0.3) is 5.65 Å². The second-order valence-corrected chi connectivity index (χ2v) is 12.5. The van der Waals surface area contributed by atoms with E-state index in [1.165, 1.54) is 0 Å². The number of carbonyl (C=O) groups is 1. The molecule has 5 fully saturated rings. The van der Waals surface area contributed by atoms with Gasteiger partial charge in [0.25, 0.3) is 5.91 Å². The summed E-state index contributed by atoms with van der Waals surface area (Å²) in [6.07, 6.45) is 5.75. The van der Waals surface area contributed by atoms with Gasteiger partial charge in [0.1, 0.15) is 5.82 Å². The van der Waals surface area contributed by atoms with Gasteiger partial charge in [-0.3, -0.25) is 9.52 Å². The smallest absolute Gasteiger partial charge is 0.256 e. The number of nitrogens with one attached hydrogen (secondary N) is 1. The van der Waals surface area contributed by atoms with Crippen molar-refractivity contribution in [3.8, 4) is 0 Å². The molecular formula is C25H29N7O3S. The van der Waals surface area contributed by atoms with E-state index in [9.17, 15) is 13.2 Å². The van der Waals surface area contributed by atoms with Crippen molar-refractivity contribution in [2.45, 2.75) is 43.8 Å². The third-order valence-corrected chi connectivity index (χ3v) is 9.06. The number of fused-ring (bicyclic) bond motifs is 2. The molecule has 3 N–H and O–H groups in total. The Bertz CT molecular complexity index is 1530. The molecule has 1 aromatic carbocycles. The van der Waals surface area contributed by atoms with E-state index in [2.05, 4.69) is 16.5 Å². The molecule has 188 valence electrons. The molecule has 5 unspecified atom stereocenters. The summed E-state index contributed by atoms with van der Waals surface area (Å²) in [5.41, 5.74) is 9.72. The fourth-order valence-electron chi connectivity index (χ4n) is 6.64. The van der Waals surface area contributed by atoms with Gasteiger partial charge in [0.2, 0.25) is 10.0 Å². The number of para-hydroxylation sites is 1. The number of nitrogens with zero attached hydrogens (tertiary/aromatic N) is 5. The van der Waals surface area contributed by atoms with Gasteiger partial charge < -0.3 is 15.5 Å². The molecular weight excluding hydrogens is 478 g/mol. The van der Waals surface area contributed by atoms with Crippen LogP contribution in [0.3, 0.4) is 0 Å². The zero-order chi connectivity index (χ0) is 25.0. The summed E-state index contributed by atoms with van der Waals surface area (Å²) >= 11 is 0. The Labute approximate surface area is 209 Å². The Hall–Kier alpha value is -3.18. The van der Waals surface area contributed by atoms with Gasteiger partial charge in [-0.15, -0.1) is 0 Å². The zero-order valence-corrected chi connectivity index (χ0v) is 21.1. The van der Waals surface area contributed by atoms with Gasteiger partial charge >= 0.3 is 0 Å². The van der Waals surface area contributed by atoms with E-state index in [1.54, 1.807) is 28.8 Å². The average molecular weight is 508 g/mol.